The maximum Gasteiger partial charge on any atom is 0.422 e. The van der Waals surface area contributed by atoms with E-state index in [0.717, 1.165) is 4.90 Å². The predicted octanol–water partition coefficient (Wildman–Crippen LogP) is 0.935. The molecule has 10 heteroatoms. The number of carbonyl (C=O) groups excluding carboxylic acids is 2. The third kappa shape index (κ3) is 2.41. The van der Waals surface area contributed by atoms with E-state index in [1.54, 1.807) is 10.8 Å². The van der Waals surface area contributed by atoms with Crippen LogP contribution in [0, 0.1) is 0 Å². The number of hydrogen-bond donors (Lipinski definition) is 1. The fraction of sp³-hybridized carbons (Fsp3) is 0.545. The number of rotatable bonds is 1. The molecule has 3 rings (SSSR count). The fourth-order valence-electron chi connectivity index (χ4n) is 2.62. The van der Waals surface area contributed by atoms with Crippen LogP contribution < -0.4 is 5.32 Å². The van der Waals surface area contributed by atoms with Gasteiger partial charge in [-0.1, -0.05) is 0 Å². The number of likely N-dealkylation sites (tertiary alicyclic amines) is 1. The van der Waals surface area contributed by atoms with Crippen LogP contribution in [0.15, 0.2) is 12.4 Å². The van der Waals surface area contributed by atoms with Gasteiger partial charge in [-0.3, -0.25) is 10.1 Å². The fourth-order valence-corrected chi connectivity index (χ4v) is 2.62. The number of aromatic nitrogens is 2. The molecule has 114 valence electrons. The zero-order valence-electron chi connectivity index (χ0n) is 10.7. The summed E-state index contributed by atoms with van der Waals surface area (Å²) < 4.78 is 41.9. The van der Waals surface area contributed by atoms with Crippen LogP contribution in [0.3, 0.4) is 0 Å². The van der Waals surface area contributed by atoms with Gasteiger partial charge in [-0.25, -0.2) is 9.78 Å². The molecule has 2 amide bonds. The molecule has 1 aromatic rings. The second kappa shape index (κ2) is 4.37. The average Bonchev–Trinajstić information content (AvgIpc) is 2.79. The number of carbonyl (C=O) groups is 2. The maximum absolute atomic E-state index is 12.0. The molecular formula is C11H11F3N4O3. The highest BCUT2D eigenvalue weighted by Crippen LogP contribution is 2.38. The first-order valence-electron chi connectivity index (χ1n) is 6.11. The monoisotopic (exact) mass is 304 g/mol. The van der Waals surface area contributed by atoms with Crippen molar-refractivity contribution in [3.8, 4) is 0 Å². The molecule has 21 heavy (non-hydrogen) atoms. The lowest BCUT2D eigenvalue weighted by atomic mass is 9.84. The van der Waals surface area contributed by atoms with Crippen LogP contribution in [0.4, 0.5) is 23.9 Å². The lowest BCUT2D eigenvalue weighted by Gasteiger charge is -2.51. The van der Waals surface area contributed by atoms with Crippen molar-refractivity contribution < 1.29 is 27.5 Å². The molecule has 1 saturated heterocycles. The maximum atomic E-state index is 12.0. The van der Waals surface area contributed by atoms with Crippen molar-refractivity contribution in [2.45, 2.75) is 18.1 Å². The summed E-state index contributed by atoms with van der Waals surface area (Å²) in [6.07, 6.45) is -2.29. The van der Waals surface area contributed by atoms with Crippen LogP contribution in [0.25, 0.3) is 0 Å². The van der Waals surface area contributed by atoms with Crippen molar-refractivity contribution in [3.63, 3.8) is 0 Å². The highest BCUT2D eigenvalue weighted by molar-refractivity contribution is 5.91. The summed E-state index contributed by atoms with van der Waals surface area (Å²) in [5.74, 6) is 0.131. The molecule has 0 unspecified atom stereocenters. The third-order valence-electron chi connectivity index (χ3n) is 3.48. The van der Waals surface area contributed by atoms with E-state index >= 15 is 0 Å². The summed E-state index contributed by atoms with van der Waals surface area (Å²) in [5, 5.41) is 2.58. The molecule has 7 nitrogen and oxygen atoms in total. The Morgan fingerprint density at radius 2 is 2.19 bits per heavy atom. The van der Waals surface area contributed by atoms with Crippen molar-refractivity contribution in [1.82, 2.24) is 14.5 Å². The number of nitrogens with zero attached hydrogens (tertiary/aromatic N) is 3. The van der Waals surface area contributed by atoms with Crippen LogP contribution in [0.5, 0.6) is 0 Å². The lowest BCUT2D eigenvalue weighted by Crippen LogP contribution is -2.66. The molecule has 2 aliphatic rings. The normalized spacial score (nSPS) is 19.8. The first kappa shape index (κ1) is 13.7. The van der Waals surface area contributed by atoms with Gasteiger partial charge in [0.2, 0.25) is 11.9 Å². The van der Waals surface area contributed by atoms with Crippen LogP contribution >= 0.6 is 0 Å². The van der Waals surface area contributed by atoms with Crippen molar-refractivity contribution in [3.05, 3.63) is 12.4 Å². The van der Waals surface area contributed by atoms with E-state index in [1.807, 2.05) is 0 Å². The summed E-state index contributed by atoms with van der Waals surface area (Å²) in [4.78, 5) is 28.2. The molecule has 0 saturated carbocycles. The van der Waals surface area contributed by atoms with Gasteiger partial charge in [0, 0.05) is 25.5 Å². The molecule has 0 aromatic carbocycles. The topological polar surface area (TPSA) is 76.5 Å². The van der Waals surface area contributed by atoms with Crippen molar-refractivity contribution in [2.24, 2.45) is 0 Å². The van der Waals surface area contributed by atoms with E-state index < -0.39 is 24.4 Å². The number of nitrogens with one attached hydrogen (secondary N) is 1. The van der Waals surface area contributed by atoms with Crippen LogP contribution in [-0.4, -0.2) is 52.3 Å². The molecule has 2 aliphatic heterocycles. The molecule has 1 fully saturated rings. The molecule has 0 radical (unpaired) electrons. The third-order valence-corrected chi connectivity index (χ3v) is 3.48. The zero-order chi connectivity index (χ0) is 15.3. The van der Waals surface area contributed by atoms with Gasteiger partial charge in [-0.05, 0) is 0 Å². The largest absolute Gasteiger partial charge is 0.440 e. The molecule has 0 aliphatic carbocycles. The standard InChI is InChI=1S/C11H11F3N4O3/c12-11(13,14)6-21-9(20)17-4-10(5-17)3-7(19)16-8-15-1-2-18(8)10/h1-2H,3-6H2,(H,15,16,19). The van der Waals surface area contributed by atoms with E-state index in [9.17, 15) is 22.8 Å². The molecule has 1 aromatic heterocycles. The summed E-state index contributed by atoms with van der Waals surface area (Å²) in [6, 6.07) is 0. The minimum absolute atomic E-state index is 0.112. The van der Waals surface area contributed by atoms with E-state index in [4.69, 9.17) is 0 Å². The molecule has 0 bridgehead atoms. The summed E-state index contributed by atoms with van der Waals surface area (Å²) in [5.41, 5.74) is -0.647. The summed E-state index contributed by atoms with van der Waals surface area (Å²) in [7, 11) is 0. The SMILES string of the molecule is O=C1CC2(CN(C(=O)OCC(F)(F)F)C2)n2ccnc2N1. The van der Waals surface area contributed by atoms with Gasteiger partial charge < -0.3 is 14.2 Å². The summed E-state index contributed by atoms with van der Waals surface area (Å²) >= 11 is 0. The Hall–Kier alpha value is -2.26. The highest BCUT2D eigenvalue weighted by Gasteiger charge is 2.51. The van der Waals surface area contributed by atoms with Crippen molar-refractivity contribution >= 4 is 17.9 Å². The number of ether oxygens (including phenoxy) is 1. The van der Waals surface area contributed by atoms with Gasteiger partial charge in [-0.15, -0.1) is 0 Å². The Bertz CT molecular complexity index is 592. The van der Waals surface area contributed by atoms with E-state index in [2.05, 4.69) is 15.0 Å². The average molecular weight is 304 g/mol. The molecule has 1 N–H and O–H groups in total. The van der Waals surface area contributed by atoms with Crippen molar-refractivity contribution in [1.29, 1.82) is 0 Å². The smallest absolute Gasteiger partial charge is 0.422 e. The number of alkyl halides is 3. The van der Waals surface area contributed by atoms with E-state index in [1.165, 1.54) is 6.20 Å². The van der Waals surface area contributed by atoms with E-state index in [0.29, 0.717) is 5.95 Å². The second-order valence-corrected chi connectivity index (χ2v) is 5.10. The van der Waals surface area contributed by atoms with Gasteiger partial charge in [0.15, 0.2) is 6.61 Å². The number of halogens is 3. The Morgan fingerprint density at radius 3 is 2.86 bits per heavy atom. The number of hydrogen-bond acceptors (Lipinski definition) is 4. The highest BCUT2D eigenvalue weighted by atomic mass is 19.4. The quantitative estimate of drug-likeness (QED) is 0.837. The first-order valence-corrected chi connectivity index (χ1v) is 6.11. The number of anilines is 1. The second-order valence-electron chi connectivity index (χ2n) is 5.10. The van der Waals surface area contributed by atoms with E-state index in [-0.39, 0.29) is 25.4 Å². The Labute approximate surface area is 116 Å². The minimum Gasteiger partial charge on any atom is -0.440 e. The molecular weight excluding hydrogens is 293 g/mol. The van der Waals surface area contributed by atoms with Gasteiger partial charge in [0.25, 0.3) is 0 Å². The zero-order valence-corrected chi connectivity index (χ0v) is 10.7. The molecule has 1 spiro atoms. The molecule has 0 atom stereocenters. The minimum atomic E-state index is -4.56. The lowest BCUT2D eigenvalue weighted by molar-refractivity contribution is -0.164. The Balaban J connectivity index is 1.65. The van der Waals surface area contributed by atoms with Gasteiger partial charge in [0.05, 0.1) is 12.0 Å². The van der Waals surface area contributed by atoms with Crippen LogP contribution in [0.2, 0.25) is 0 Å². The van der Waals surface area contributed by atoms with Crippen LogP contribution in [0.1, 0.15) is 6.42 Å². The van der Waals surface area contributed by atoms with Gasteiger partial charge in [-0.2, -0.15) is 13.2 Å². The molecule has 3 heterocycles. The number of fused-ring (bicyclic) bond motifs is 2. The van der Waals surface area contributed by atoms with Gasteiger partial charge in [0.1, 0.15) is 0 Å². The Morgan fingerprint density at radius 1 is 1.48 bits per heavy atom. The number of imidazole rings is 1. The summed E-state index contributed by atoms with van der Waals surface area (Å²) in [6.45, 7) is -1.40. The van der Waals surface area contributed by atoms with Crippen LogP contribution in [-0.2, 0) is 15.1 Å². The number of amides is 2. The predicted molar refractivity (Wildman–Crippen MR) is 62.4 cm³/mol. The first-order chi connectivity index (χ1) is 9.79. The Kier molecular flexibility index (Phi) is 2.85. The van der Waals surface area contributed by atoms with Crippen molar-refractivity contribution in [2.75, 3.05) is 25.0 Å². The van der Waals surface area contributed by atoms with Gasteiger partial charge >= 0.3 is 12.3 Å².